The molecule has 1 atom stereocenters. The molecule has 0 aliphatic heterocycles. The number of halogens is 5. The van der Waals surface area contributed by atoms with Gasteiger partial charge < -0.3 is 4.74 Å². The van der Waals surface area contributed by atoms with Gasteiger partial charge in [-0.1, -0.05) is 19.1 Å². The van der Waals surface area contributed by atoms with Crippen molar-refractivity contribution in [2.24, 2.45) is 0 Å². The fourth-order valence-corrected chi connectivity index (χ4v) is 2.20. The third kappa shape index (κ3) is 5.84. The van der Waals surface area contributed by atoms with E-state index in [1.807, 2.05) is 0 Å². The van der Waals surface area contributed by atoms with Crippen LogP contribution >= 0.6 is 0 Å². The Kier molecular flexibility index (Phi) is 7.03. The molecule has 1 unspecified atom stereocenters. The van der Waals surface area contributed by atoms with Gasteiger partial charge in [0.1, 0.15) is 24.1 Å². The molecule has 1 aromatic rings. The summed E-state index contributed by atoms with van der Waals surface area (Å²) in [6.45, 7) is 3.81. The Morgan fingerprint density at radius 1 is 1.30 bits per heavy atom. The molecular formula is C17H21F5O. The highest BCUT2D eigenvalue weighted by atomic mass is 19.4. The van der Waals surface area contributed by atoms with Gasteiger partial charge in [-0.25, -0.2) is 8.78 Å². The third-order valence-corrected chi connectivity index (χ3v) is 3.52. The zero-order valence-electron chi connectivity index (χ0n) is 13.4. The average Bonchev–Trinajstić information content (AvgIpc) is 2.44. The molecule has 1 nitrogen and oxygen atoms in total. The zero-order valence-corrected chi connectivity index (χ0v) is 13.4. The third-order valence-electron chi connectivity index (χ3n) is 3.52. The summed E-state index contributed by atoms with van der Waals surface area (Å²) in [5, 5.41) is 0. The highest BCUT2D eigenvalue weighted by Crippen LogP contribution is 2.40. The average molecular weight is 336 g/mol. The van der Waals surface area contributed by atoms with Crippen LogP contribution in [0.1, 0.15) is 43.4 Å². The lowest BCUT2D eigenvalue weighted by atomic mass is 9.97. The van der Waals surface area contributed by atoms with Crippen molar-refractivity contribution in [1.29, 1.82) is 0 Å². The standard InChI is InChI=1S/C17H21F5O/c1-4-14(19)10-23-15-9-8-13(7-5-6-11(2)18)12(3)16(15)17(20,21)22/h6,8-9,14H,4-5,7,10H2,1-3H3/b11-6-. The minimum Gasteiger partial charge on any atom is -0.490 e. The fraction of sp³-hybridized carbons (Fsp3) is 0.529. The number of allylic oxidation sites excluding steroid dienone is 2. The van der Waals surface area contributed by atoms with Crippen LogP contribution in [0.5, 0.6) is 5.75 Å². The smallest absolute Gasteiger partial charge is 0.420 e. The van der Waals surface area contributed by atoms with Crippen molar-refractivity contribution < 1.29 is 26.7 Å². The summed E-state index contributed by atoms with van der Waals surface area (Å²) in [6.07, 6.45) is -3.81. The lowest BCUT2D eigenvalue weighted by Crippen LogP contribution is -2.16. The van der Waals surface area contributed by atoms with Gasteiger partial charge >= 0.3 is 6.18 Å². The van der Waals surface area contributed by atoms with Gasteiger partial charge in [0, 0.05) is 0 Å². The molecule has 0 spiro atoms. The summed E-state index contributed by atoms with van der Waals surface area (Å²) >= 11 is 0. The Bertz CT molecular complexity index is 545. The molecule has 0 fully saturated rings. The number of aryl methyl sites for hydroxylation is 1. The van der Waals surface area contributed by atoms with E-state index in [0.717, 1.165) is 0 Å². The molecule has 0 aliphatic rings. The van der Waals surface area contributed by atoms with Gasteiger partial charge in [-0.2, -0.15) is 13.2 Å². The normalized spacial score (nSPS) is 14.0. The second-order valence-electron chi connectivity index (χ2n) is 5.37. The highest BCUT2D eigenvalue weighted by molar-refractivity contribution is 5.46. The van der Waals surface area contributed by atoms with Crippen molar-refractivity contribution in [3.63, 3.8) is 0 Å². The van der Waals surface area contributed by atoms with Gasteiger partial charge in [0.05, 0.1) is 5.83 Å². The molecule has 0 bridgehead atoms. The Hall–Kier alpha value is -1.59. The minimum atomic E-state index is -4.60. The van der Waals surface area contributed by atoms with Crippen LogP contribution in [0.2, 0.25) is 0 Å². The van der Waals surface area contributed by atoms with Gasteiger partial charge in [0.15, 0.2) is 0 Å². The first-order valence-electron chi connectivity index (χ1n) is 7.45. The summed E-state index contributed by atoms with van der Waals surface area (Å²) < 4.78 is 70.8. The minimum absolute atomic E-state index is 0.0341. The molecule has 0 amide bonds. The molecule has 1 aromatic carbocycles. The number of hydrogen-bond donors (Lipinski definition) is 0. The topological polar surface area (TPSA) is 9.23 Å². The second kappa shape index (κ2) is 8.31. The van der Waals surface area contributed by atoms with Crippen molar-refractivity contribution >= 4 is 0 Å². The Balaban J connectivity index is 3.09. The predicted octanol–water partition coefficient (Wildman–Crippen LogP) is 5.95. The predicted molar refractivity (Wildman–Crippen MR) is 80.0 cm³/mol. The van der Waals surface area contributed by atoms with E-state index in [4.69, 9.17) is 4.74 Å². The van der Waals surface area contributed by atoms with Crippen LogP contribution in [0.3, 0.4) is 0 Å². The van der Waals surface area contributed by atoms with Gasteiger partial charge in [0.2, 0.25) is 0 Å². The molecule has 23 heavy (non-hydrogen) atoms. The van der Waals surface area contributed by atoms with Crippen molar-refractivity contribution in [2.75, 3.05) is 6.61 Å². The molecular weight excluding hydrogens is 315 g/mol. The maximum atomic E-state index is 13.3. The molecule has 0 saturated carbocycles. The quantitative estimate of drug-likeness (QED) is 0.559. The van der Waals surface area contributed by atoms with E-state index >= 15 is 0 Å². The van der Waals surface area contributed by atoms with Crippen molar-refractivity contribution in [2.45, 2.75) is 52.4 Å². The molecule has 0 N–H and O–H groups in total. The maximum absolute atomic E-state index is 13.3. The molecule has 0 aliphatic carbocycles. The number of benzene rings is 1. The van der Waals surface area contributed by atoms with E-state index in [9.17, 15) is 22.0 Å². The van der Waals surface area contributed by atoms with Gasteiger partial charge in [-0.3, -0.25) is 0 Å². The van der Waals surface area contributed by atoms with Crippen LogP contribution in [-0.2, 0) is 12.6 Å². The first-order valence-corrected chi connectivity index (χ1v) is 7.45. The molecule has 0 radical (unpaired) electrons. The second-order valence-corrected chi connectivity index (χ2v) is 5.37. The number of hydrogen-bond acceptors (Lipinski definition) is 1. The lowest BCUT2D eigenvalue weighted by Gasteiger charge is -2.19. The van der Waals surface area contributed by atoms with E-state index < -0.39 is 24.5 Å². The first-order chi connectivity index (χ1) is 10.7. The summed E-state index contributed by atoms with van der Waals surface area (Å²) in [5.74, 6) is -0.737. The van der Waals surface area contributed by atoms with E-state index in [1.54, 1.807) is 6.92 Å². The van der Waals surface area contributed by atoms with Gasteiger partial charge in [0.25, 0.3) is 0 Å². The highest BCUT2D eigenvalue weighted by Gasteiger charge is 2.37. The van der Waals surface area contributed by atoms with E-state index in [2.05, 4.69) is 0 Å². The van der Waals surface area contributed by atoms with Crippen LogP contribution < -0.4 is 4.74 Å². The molecule has 6 heteroatoms. The molecule has 130 valence electrons. The van der Waals surface area contributed by atoms with Crippen molar-refractivity contribution in [3.8, 4) is 5.75 Å². The monoisotopic (exact) mass is 336 g/mol. The van der Waals surface area contributed by atoms with E-state index in [-0.39, 0.29) is 30.0 Å². The molecule has 0 saturated heterocycles. The summed E-state index contributed by atoms with van der Waals surface area (Å²) in [4.78, 5) is 0. The van der Waals surface area contributed by atoms with E-state index in [1.165, 1.54) is 32.1 Å². The first kappa shape index (κ1) is 19.5. The Morgan fingerprint density at radius 2 is 1.96 bits per heavy atom. The van der Waals surface area contributed by atoms with Gasteiger partial charge in [-0.15, -0.1) is 0 Å². The summed E-state index contributed by atoms with van der Waals surface area (Å²) in [6, 6.07) is 2.72. The fourth-order valence-electron chi connectivity index (χ4n) is 2.20. The zero-order chi connectivity index (χ0) is 17.6. The van der Waals surface area contributed by atoms with Crippen LogP contribution in [0, 0.1) is 6.92 Å². The lowest BCUT2D eigenvalue weighted by molar-refractivity contribution is -0.139. The van der Waals surface area contributed by atoms with E-state index in [0.29, 0.717) is 12.0 Å². The van der Waals surface area contributed by atoms with Crippen LogP contribution in [0.25, 0.3) is 0 Å². The van der Waals surface area contributed by atoms with Gasteiger partial charge in [-0.05, 0) is 50.3 Å². The molecule has 0 aromatic heterocycles. The van der Waals surface area contributed by atoms with Crippen LogP contribution in [0.15, 0.2) is 24.0 Å². The number of alkyl halides is 4. The molecule has 1 rings (SSSR count). The number of ether oxygens (including phenoxy) is 1. The van der Waals surface area contributed by atoms with Crippen molar-refractivity contribution in [1.82, 2.24) is 0 Å². The molecule has 0 heterocycles. The Morgan fingerprint density at radius 3 is 2.48 bits per heavy atom. The van der Waals surface area contributed by atoms with Crippen LogP contribution in [0.4, 0.5) is 22.0 Å². The summed E-state index contributed by atoms with van der Waals surface area (Å²) in [7, 11) is 0. The number of rotatable bonds is 7. The maximum Gasteiger partial charge on any atom is 0.420 e. The van der Waals surface area contributed by atoms with Crippen LogP contribution in [-0.4, -0.2) is 12.8 Å². The largest absolute Gasteiger partial charge is 0.490 e. The summed E-state index contributed by atoms with van der Waals surface area (Å²) in [5.41, 5.74) is -0.388. The Labute approximate surface area is 133 Å². The van der Waals surface area contributed by atoms with Crippen molar-refractivity contribution in [3.05, 3.63) is 40.7 Å². The SMILES string of the molecule is CCC(F)COc1ccc(CC/C=C(/C)F)c(C)c1C(F)(F)F.